The third-order valence-electron chi connectivity index (χ3n) is 3.79. The van der Waals surface area contributed by atoms with Gasteiger partial charge < -0.3 is 14.9 Å². The highest BCUT2D eigenvalue weighted by atomic mass is 79.9. The Morgan fingerprint density at radius 3 is 2.83 bits per heavy atom. The third kappa shape index (κ3) is 3.44. The largest absolute Gasteiger partial charge is 0.491 e. The maximum Gasteiger partial charge on any atom is 0.344 e. The predicted molar refractivity (Wildman–Crippen MR) is 98.4 cm³/mol. The SMILES string of the molecule is CC(C)CC(N)COc1cc2oc(=O)c3ccncc3c2cc1Br. The van der Waals surface area contributed by atoms with Crippen LogP contribution in [0.25, 0.3) is 21.7 Å². The average molecular weight is 391 g/mol. The minimum Gasteiger partial charge on any atom is -0.491 e. The number of aromatic nitrogens is 1. The van der Waals surface area contributed by atoms with E-state index in [1.165, 1.54) is 0 Å². The summed E-state index contributed by atoms with van der Waals surface area (Å²) in [6, 6.07) is 5.21. The Morgan fingerprint density at radius 1 is 1.29 bits per heavy atom. The topological polar surface area (TPSA) is 78.4 Å². The molecule has 2 N–H and O–H groups in total. The van der Waals surface area contributed by atoms with Gasteiger partial charge in [0.05, 0.1) is 9.86 Å². The highest BCUT2D eigenvalue weighted by Crippen LogP contribution is 2.33. The number of hydrogen-bond acceptors (Lipinski definition) is 5. The number of pyridine rings is 1. The van der Waals surface area contributed by atoms with E-state index in [1.807, 2.05) is 6.07 Å². The van der Waals surface area contributed by atoms with Crippen molar-refractivity contribution in [2.24, 2.45) is 11.7 Å². The second-order valence-corrected chi connectivity index (χ2v) is 7.14. The summed E-state index contributed by atoms with van der Waals surface area (Å²) in [5.41, 5.74) is 6.15. The summed E-state index contributed by atoms with van der Waals surface area (Å²) >= 11 is 3.52. The zero-order chi connectivity index (χ0) is 17.3. The monoisotopic (exact) mass is 390 g/mol. The molecule has 0 radical (unpaired) electrons. The molecule has 0 fully saturated rings. The summed E-state index contributed by atoms with van der Waals surface area (Å²) in [4.78, 5) is 16.2. The Kier molecular flexibility index (Phi) is 4.87. The fourth-order valence-electron chi connectivity index (χ4n) is 2.75. The van der Waals surface area contributed by atoms with Crippen LogP contribution in [0.3, 0.4) is 0 Å². The van der Waals surface area contributed by atoms with E-state index in [2.05, 4.69) is 34.8 Å². The van der Waals surface area contributed by atoms with Crippen molar-refractivity contribution < 1.29 is 9.15 Å². The summed E-state index contributed by atoms with van der Waals surface area (Å²) in [7, 11) is 0. The number of halogens is 1. The first-order valence-corrected chi connectivity index (χ1v) is 8.63. The molecular formula is C18H19BrN2O3. The molecule has 3 aromatic rings. The van der Waals surface area contributed by atoms with Gasteiger partial charge in [-0.05, 0) is 40.4 Å². The molecule has 6 heteroatoms. The molecule has 1 aromatic carbocycles. The lowest BCUT2D eigenvalue weighted by molar-refractivity contribution is 0.269. The van der Waals surface area contributed by atoms with Crippen LogP contribution < -0.4 is 16.1 Å². The molecule has 126 valence electrons. The van der Waals surface area contributed by atoms with Crippen LogP contribution in [0, 0.1) is 5.92 Å². The van der Waals surface area contributed by atoms with Crippen molar-refractivity contribution in [3.05, 3.63) is 45.5 Å². The second kappa shape index (κ2) is 6.91. The maximum absolute atomic E-state index is 12.1. The number of hydrogen-bond donors (Lipinski definition) is 1. The van der Waals surface area contributed by atoms with E-state index in [9.17, 15) is 4.79 Å². The van der Waals surface area contributed by atoms with Gasteiger partial charge in [-0.25, -0.2) is 4.79 Å². The van der Waals surface area contributed by atoms with Crippen molar-refractivity contribution in [1.82, 2.24) is 4.98 Å². The number of benzene rings is 1. The lowest BCUT2D eigenvalue weighted by Crippen LogP contribution is -2.29. The molecule has 1 atom stereocenters. The first-order valence-electron chi connectivity index (χ1n) is 7.84. The zero-order valence-corrected chi connectivity index (χ0v) is 15.2. The van der Waals surface area contributed by atoms with Crippen LogP contribution in [0.2, 0.25) is 0 Å². The van der Waals surface area contributed by atoms with Crippen LogP contribution in [0.15, 0.2) is 44.3 Å². The van der Waals surface area contributed by atoms with E-state index in [0.717, 1.165) is 21.7 Å². The molecule has 0 spiro atoms. The third-order valence-corrected chi connectivity index (χ3v) is 4.41. The summed E-state index contributed by atoms with van der Waals surface area (Å²) in [6.07, 6.45) is 4.13. The molecule has 5 nitrogen and oxygen atoms in total. The summed E-state index contributed by atoms with van der Waals surface area (Å²) in [5.74, 6) is 1.12. The van der Waals surface area contributed by atoms with Crippen molar-refractivity contribution in [3.63, 3.8) is 0 Å². The molecule has 0 amide bonds. The van der Waals surface area contributed by atoms with Gasteiger partial charge in [0.1, 0.15) is 17.9 Å². The van der Waals surface area contributed by atoms with Crippen LogP contribution in [-0.2, 0) is 0 Å². The van der Waals surface area contributed by atoms with Crippen molar-refractivity contribution in [1.29, 1.82) is 0 Å². The van der Waals surface area contributed by atoms with Gasteiger partial charge in [0.25, 0.3) is 0 Å². The highest BCUT2D eigenvalue weighted by molar-refractivity contribution is 9.10. The quantitative estimate of drug-likeness (QED) is 0.528. The van der Waals surface area contributed by atoms with Crippen molar-refractivity contribution in [2.45, 2.75) is 26.3 Å². The van der Waals surface area contributed by atoms with E-state index in [0.29, 0.717) is 29.2 Å². The minimum atomic E-state index is -0.385. The van der Waals surface area contributed by atoms with Crippen LogP contribution in [0.5, 0.6) is 5.75 Å². The van der Waals surface area contributed by atoms with Gasteiger partial charge in [-0.15, -0.1) is 0 Å². The molecule has 1 unspecified atom stereocenters. The van der Waals surface area contributed by atoms with Gasteiger partial charge in [-0.1, -0.05) is 13.8 Å². The van der Waals surface area contributed by atoms with Crippen LogP contribution >= 0.6 is 15.9 Å². The molecule has 24 heavy (non-hydrogen) atoms. The zero-order valence-electron chi connectivity index (χ0n) is 13.6. The van der Waals surface area contributed by atoms with Gasteiger partial charge in [-0.2, -0.15) is 0 Å². The Bertz CT molecular complexity index is 937. The Balaban J connectivity index is 1.98. The van der Waals surface area contributed by atoms with Crippen LogP contribution in [-0.4, -0.2) is 17.6 Å². The second-order valence-electron chi connectivity index (χ2n) is 6.29. The fraction of sp³-hybridized carbons (Fsp3) is 0.333. The van der Waals surface area contributed by atoms with Gasteiger partial charge in [0.15, 0.2) is 0 Å². The van der Waals surface area contributed by atoms with E-state index in [1.54, 1.807) is 24.5 Å². The predicted octanol–water partition coefficient (Wildman–Crippen LogP) is 3.86. The van der Waals surface area contributed by atoms with Gasteiger partial charge in [-0.3, -0.25) is 4.98 Å². The van der Waals surface area contributed by atoms with E-state index in [-0.39, 0.29) is 11.7 Å². The summed E-state index contributed by atoms with van der Waals surface area (Å²) in [5, 5.41) is 2.08. The Hall–Kier alpha value is -1.92. The standard InChI is InChI=1S/C18H19BrN2O3/c1-10(2)5-11(20)9-23-17-7-16-13(6-15(17)19)14-8-21-4-3-12(14)18(22)24-16/h3-4,6-8,10-11H,5,9,20H2,1-2H3. The number of rotatable bonds is 5. The molecule has 0 aliphatic carbocycles. The molecule has 0 saturated heterocycles. The van der Waals surface area contributed by atoms with Crippen molar-refractivity contribution >= 4 is 37.7 Å². The van der Waals surface area contributed by atoms with Gasteiger partial charge in [0, 0.05) is 35.3 Å². The van der Waals surface area contributed by atoms with E-state index in [4.69, 9.17) is 14.9 Å². The molecule has 0 saturated carbocycles. The number of nitrogens with two attached hydrogens (primary N) is 1. The lowest BCUT2D eigenvalue weighted by atomic mass is 10.1. The highest BCUT2D eigenvalue weighted by Gasteiger charge is 2.13. The van der Waals surface area contributed by atoms with Crippen molar-refractivity contribution in [2.75, 3.05) is 6.61 Å². The van der Waals surface area contributed by atoms with Crippen molar-refractivity contribution in [3.8, 4) is 5.75 Å². The molecule has 0 bridgehead atoms. The van der Waals surface area contributed by atoms with Gasteiger partial charge in [0.2, 0.25) is 0 Å². The Morgan fingerprint density at radius 2 is 2.08 bits per heavy atom. The molecule has 0 aliphatic rings. The smallest absolute Gasteiger partial charge is 0.344 e. The number of fused-ring (bicyclic) bond motifs is 3. The van der Waals surface area contributed by atoms with Crippen LogP contribution in [0.1, 0.15) is 20.3 Å². The first kappa shape index (κ1) is 16.9. The normalized spacial score (nSPS) is 12.9. The van der Waals surface area contributed by atoms with E-state index < -0.39 is 0 Å². The number of ether oxygens (including phenoxy) is 1. The molecule has 0 aliphatic heterocycles. The maximum atomic E-state index is 12.1. The average Bonchev–Trinajstić information content (AvgIpc) is 2.53. The fourth-order valence-corrected chi connectivity index (χ4v) is 3.21. The molecule has 2 heterocycles. The molecule has 3 rings (SSSR count). The summed E-state index contributed by atoms with van der Waals surface area (Å²) < 4.78 is 12.0. The van der Waals surface area contributed by atoms with Gasteiger partial charge >= 0.3 is 5.63 Å². The first-order chi connectivity index (χ1) is 11.5. The number of nitrogens with zero attached hydrogens (tertiary/aromatic N) is 1. The molecular weight excluding hydrogens is 372 g/mol. The van der Waals surface area contributed by atoms with Crippen LogP contribution in [0.4, 0.5) is 0 Å². The summed E-state index contributed by atoms with van der Waals surface area (Å²) in [6.45, 7) is 4.65. The van der Waals surface area contributed by atoms with E-state index >= 15 is 0 Å². The minimum absolute atomic E-state index is 0.0413. The molecule has 2 aromatic heterocycles. The Labute approximate surface area is 147 Å². The lowest BCUT2D eigenvalue weighted by Gasteiger charge is -2.16.